The third-order valence-electron chi connectivity index (χ3n) is 5.53. The van der Waals surface area contributed by atoms with Gasteiger partial charge in [0.1, 0.15) is 18.9 Å². The number of nitrogens with zero attached hydrogens (tertiary/aromatic N) is 4. The van der Waals surface area contributed by atoms with Gasteiger partial charge in [-0.2, -0.15) is 0 Å². The summed E-state index contributed by atoms with van der Waals surface area (Å²) in [4.78, 5) is 40.8. The number of azide groups is 1. The Morgan fingerprint density at radius 2 is 1.91 bits per heavy atom. The van der Waals surface area contributed by atoms with Crippen LogP contribution in [0.1, 0.15) is 76.0 Å². The minimum absolute atomic E-state index is 0.0519. The van der Waals surface area contributed by atoms with Gasteiger partial charge in [0.25, 0.3) is 5.56 Å². The number of alkyl halides is 1. The molecule has 10 nitrogen and oxygen atoms in total. The van der Waals surface area contributed by atoms with E-state index in [0.29, 0.717) is 12.0 Å². The highest BCUT2D eigenvalue weighted by Gasteiger charge is 2.37. The molecular formula is C21H32BrN5O5. The molecule has 1 unspecified atom stereocenters. The van der Waals surface area contributed by atoms with Gasteiger partial charge in [-0.3, -0.25) is 19.1 Å². The van der Waals surface area contributed by atoms with Crippen molar-refractivity contribution in [2.24, 2.45) is 5.11 Å². The molecular weight excluding hydrogens is 482 g/mol. The zero-order valence-electron chi connectivity index (χ0n) is 18.5. The van der Waals surface area contributed by atoms with Gasteiger partial charge >= 0.3 is 11.7 Å². The highest BCUT2D eigenvalue weighted by molar-refractivity contribution is 9.09. The third-order valence-corrected chi connectivity index (χ3v) is 6.09. The number of halogens is 1. The maximum absolute atomic E-state index is 12.1. The van der Waals surface area contributed by atoms with E-state index in [-0.39, 0.29) is 19.0 Å². The van der Waals surface area contributed by atoms with E-state index in [1.807, 2.05) is 0 Å². The molecule has 0 saturated carbocycles. The number of aromatic nitrogens is 2. The molecule has 3 atom stereocenters. The highest BCUT2D eigenvalue weighted by atomic mass is 79.9. The molecule has 0 bridgehead atoms. The summed E-state index contributed by atoms with van der Waals surface area (Å²) in [6.07, 6.45) is 9.66. The topological polar surface area (TPSA) is 139 Å². The molecule has 11 heteroatoms. The van der Waals surface area contributed by atoms with E-state index in [1.165, 1.54) is 42.9 Å². The van der Waals surface area contributed by atoms with Crippen LogP contribution < -0.4 is 11.2 Å². The van der Waals surface area contributed by atoms with Gasteiger partial charge in [0, 0.05) is 34.8 Å². The standard InChI is InChI=1S/C21H32BrN5O5/c1-15-13-27(21(30)24-20(15)29)18-12-16(25-26-23)17(32-18)14-31-19(28)10-8-6-4-2-3-5-7-9-11-22/h13,16-18H,2-12,14H2,1H3,(H,24,29,30)/t16?,17-,18-/m1/s1. The SMILES string of the molecule is Cc1cn([C@H]2CC(N=[N+]=[N-])[C@@H](COC(=O)CCCCCCCCCCBr)O2)c(=O)[nH]c1=O. The highest BCUT2D eigenvalue weighted by Crippen LogP contribution is 2.30. The number of unbranched alkanes of at least 4 members (excludes halogenated alkanes) is 7. The van der Waals surface area contributed by atoms with Gasteiger partial charge in [0.15, 0.2) is 0 Å². The van der Waals surface area contributed by atoms with Gasteiger partial charge < -0.3 is 9.47 Å². The molecule has 2 heterocycles. The van der Waals surface area contributed by atoms with Crippen LogP contribution in [0.15, 0.2) is 20.9 Å². The minimum Gasteiger partial charge on any atom is -0.463 e. The van der Waals surface area contributed by atoms with Crippen LogP contribution in [0, 0.1) is 6.92 Å². The first kappa shape index (κ1) is 26.2. The van der Waals surface area contributed by atoms with Gasteiger partial charge in [0.2, 0.25) is 0 Å². The van der Waals surface area contributed by atoms with Crippen LogP contribution >= 0.6 is 15.9 Å². The molecule has 178 valence electrons. The van der Waals surface area contributed by atoms with E-state index in [2.05, 4.69) is 30.9 Å². The number of aromatic amines is 1. The van der Waals surface area contributed by atoms with Gasteiger partial charge in [0.05, 0.1) is 6.04 Å². The summed E-state index contributed by atoms with van der Waals surface area (Å²) in [6, 6.07) is -0.582. The molecule has 1 aromatic heterocycles. The van der Waals surface area contributed by atoms with E-state index in [0.717, 1.165) is 24.6 Å². The van der Waals surface area contributed by atoms with Crippen molar-refractivity contribution in [3.8, 4) is 0 Å². The molecule has 1 saturated heterocycles. The molecule has 0 radical (unpaired) electrons. The van der Waals surface area contributed by atoms with Crippen molar-refractivity contribution in [3.63, 3.8) is 0 Å². The fraction of sp³-hybridized carbons (Fsp3) is 0.762. The lowest BCUT2D eigenvalue weighted by molar-refractivity contribution is -0.148. The van der Waals surface area contributed by atoms with E-state index in [1.54, 1.807) is 6.92 Å². The Morgan fingerprint density at radius 1 is 1.25 bits per heavy atom. The number of H-pyrrole nitrogens is 1. The molecule has 1 aliphatic rings. The zero-order valence-corrected chi connectivity index (χ0v) is 20.1. The number of hydrogen-bond acceptors (Lipinski definition) is 6. The van der Waals surface area contributed by atoms with Crippen molar-refractivity contribution >= 4 is 21.9 Å². The third kappa shape index (κ3) is 8.44. The second-order valence-corrected chi connectivity index (χ2v) is 8.86. The molecule has 0 amide bonds. The lowest BCUT2D eigenvalue weighted by Crippen LogP contribution is -2.33. The van der Waals surface area contributed by atoms with Crippen LogP contribution in [0.4, 0.5) is 0 Å². The van der Waals surface area contributed by atoms with Gasteiger partial charge in [-0.15, -0.1) is 0 Å². The molecule has 32 heavy (non-hydrogen) atoms. The number of ether oxygens (including phenoxy) is 2. The quantitative estimate of drug-likeness (QED) is 0.0987. The van der Waals surface area contributed by atoms with Crippen LogP contribution in [-0.4, -0.2) is 39.6 Å². The second-order valence-electron chi connectivity index (χ2n) is 8.07. The largest absolute Gasteiger partial charge is 0.463 e. The van der Waals surface area contributed by atoms with E-state index >= 15 is 0 Å². The lowest BCUT2D eigenvalue weighted by atomic mass is 10.1. The van der Waals surface area contributed by atoms with Crippen molar-refractivity contribution in [3.05, 3.63) is 43.0 Å². The number of esters is 1. The first-order valence-electron chi connectivity index (χ1n) is 11.2. The molecule has 2 rings (SSSR count). The Labute approximate surface area is 195 Å². The number of nitrogens with one attached hydrogen (secondary N) is 1. The fourth-order valence-electron chi connectivity index (χ4n) is 3.70. The van der Waals surface area contributed by atoms with E-state index in [4.69, 9.17) is 15.0 Å². The predicted molar refractivity (Wildman–Crippen MR) is 124 cm³/mol. The summed E-state index contributed by atoms with van der Waals surface area (Å²) in [6.45, 7) is 1.53. The zero-order chi connectivity index (χ0) is 23.3. The Bertz CT molecular complexity index is 895. The summed E-state index contributed by atoms with van der Waals surface area (Å²) in [7, 11) is 0. The summed E-state index contributed by atoms with van der Waals surface area (Å²) >= 11 is 3.43. The normalized spacial score (nSPS) is 20.1. The number of rotatable bonds is 14. The van der Waals surface area contributed by atoms with E-state index < -0.39 is 29.6 Å². The second kappa shape index (κ2) is 14.1. The van der Waals surface area contributed by atoms with Crippen LogP contribution in [0.5, 0.6) is 0 Å². The Balaban J connectivity index is 1.75. The molecule has 0 aliphatic carbocycles. The van der Waals surface area contributed by atoms with Crippen LogP contribution in [0.25, 0.3) is 10.4 Å². The Kier molecular flexibility index (Phi) is 11.5. The Morgan fingerprint density at radius 3 is 2.56 bits per heavy atom. The maximum Gasteiger partial charge on any atom is 0.330 e. The molecule has 0 aromatic carbocycles. The molecule has 1 aliphatic heterocycles. The van der Waals surface area contributed by atoms with Crippen molar-refractivity contribution in [1.29, 1.82) is 0 Å². The molecule has 0 spiro atoms. The van der Waals surface area contributed by atoms with Crippen LogP contribution in [-0.2, 0) is 14.3 Å². The van der Waals surface area contributed by atoms with Gasteiger partial charge in [-0.25, -0.2) is 4.79 Å². The average molecular weight is 514 g/mol. The van der Waals surface area contributed by atoms with Crippen LogP contribution in [0.2, 0.25) is 0 Å². The molecule has 1 fully saturated rings. The monoisotopic (exact) mass is 513 g/mol. The smallest absolute Gasteiger partial charge is 0.330 e. The lowest BCUT2D eigenvalue weighted by Gasteiger charge is -2.17. The number of aryl methyl sites for hydroxylation is 1. The first-order chi connectivity index (χ1) is 15.5. The van der Waals surface area contributed by atoms with Crippen molar-refractivity contribution in [2.45, 2.75) is 89.5 Å². The Hall–Kier alpha value is -2.10. The summed E-state index contributed by atoms with van der Waals surface area (Å²) in [5.74, 6) is -0.314. The summed E-state index contributed by atoms with van der Waals surface area (Å²) in [5, 5.41) is 4.79. The predicted octanol–water partition coefficient (Wildman–Crippen LogP) is 4.26. The summed E-state index contributed by atoms with van der Waals surface area (Å²) in [5.41, 5.74) is 8.13. The molecule has 1 N–H and O–H groups in total. The average Bonchev–Trinajstić information content (AvgIpc) is 3.16. The number of carbonyl (C=O) groups is 1. The maximum atomic E-state index is 12.1. The van der Waals surface area contributed by atoms with E-state index in [9.17, 15) is 14.4 Å². The first-order valence-corrected chi connectivity index (χ1v) is 12.3. The van der Waals surface area contributed by atoms with Crippen molar-refractivity contribution < 1.29 is 14.3 Å². The summed E-state index contributed by atoms with van der Waals surface area (Å²) < 4.78 is 12.4. The number of carbonyl (C=O) groups excluding carboxylic acids is 1. The van der Waals surface area contributed by atoms with Crippen molar-refractivity contribution in [1.82, 2.24) is 9.55 Å². The minimum atomic E-state index is -0.716. The van der Waals surface area contributed by atoms with Gasteiger partial charge in [-0.05, 0) is 25.3 Å². The fourth-order valence-corrected chi connectivity index (χ4v) is 4.09. The van der Waals surface area contributed by atoms with Crippen LogP contribution in [0.3, 0.4) is 0 Å². The molecule has 1 aromatic rings. The van der Waals surface area contributed by atoms with Crippen molar-refractivity contribution in [2.75, 3.05) is 11.9 Å². The number of hydrogen-bond donors (Lipinski definition) is 1. The van der Waals surface area contributed by atoms with Gasteiger partial charge in [-0.1, -0.05) is 59.6 Å².